The lowest BCUT2D eigenvalue weighted by molar-refractivity contribution is 0.794. The van der Waals surface area contributed by atoms with Crippen LogP contribution in [0.2, 0.25) is 0 Å². The normalized spacial score (nSPS) is 13.1. The van der Waals surface area contributed by atoms with E-state index in [1.807, 2.05) is 4.40 Å². The maximum Gasteiger partial charge on any atom is 0.252 e. The molecule has 0 amide bonds. The first-order valence-corrected chi connectivity index (χ1v) is 7.17. The Morgan fingerprint density at radius 1 is 1.44 bits per heavy atom. The fourth-order valence-electron chi connectivity index (χ4n) is 1.75. The average Bonchev–Trinajstić information content (AvgIpc) is 2.72. The van der Waals surface area contributed by atoms with Gasteiger partial charge in [-0.05, 0) is 12.8 Å². The summed E-state index contributed by atoms with van der Waals surface area (Å²) in [6.07, 6.45) is 2.92. The molecule has 98 valence electrons. The minimum Gasteiger partial charge on any atom is -0.291 e. The Morgan fingerprint density at radius 2 is 2.22 bits per heavy atom. The molecule has 0 saturated carbocycles. The van der Waals surface area contributed by atoms with Gasteiger partial charge in [0.25, 0.3) is 5.56 Å². The monoisotopic (exact) mass is 266 g/mol. The number of nitrogens with one attached hydrogen (secondary N) is 1. The number of aromatic nitrogens is 4. The molecule has 1 N–H and O–H groups in total. The summed E-state index contributed by atoms with van der Waals surface area (Å²) in [5.74, 6) is 0.539. The second-order valence-corrected chi connectivity index (χ2v) is 5.76. The zero-order chi connectivity index (χ0) is 13.1. The molecule has 0 aliphatic heterocycles. The standard InChI is InChI=1S/C12H18N4OS/c1-4-6-9-7-10(17)13-11-14-15-12(16(9)11)18-8(3)5-2/h7-8H,4-6H2,1-3H3,(H,13,14,17)/t8-/m0/s1. The highest BCUT2D eigenvalue weighted by molar-refractivity contribution is 7.99. The van der Waals surface area contributed by atoms with Crippen molar-refractivity contribution in [3.8, 4) is 0 Å². The molecular weight excluding hydrogens is 248 g/mol. The number of thioether (sulfide) groups is 1. The molecule has 0 aliphatic carbocycles. The molecule has 2 heterocycles. The largest absolute Gasteiger partial charge is 0.291 e. The number of aromatic amines is 1. The highest BCUT2D eigenvalue weighted by Gasteiger charge is 2.13. The smallest absolute Gasteiger partial charge is 0.252 e. The van der Waals surface area contributed by atoms with Gasteiger partial charge < -0.3 is 0 Å². The second-order valence-electron chi connectivity index (χ2n) is 4.35. The molecule has 5 nitrogen and oxygen atoms in total. The van der Waals surface area contributed by atoms with Gasteiger partial charge in [0.15, 0.2) is 5.16 Å². The zero-order valence-electron chi connectivity index (χ0n) is 10.9. The van der Waals surface area contributed by atoms with Gasteiger partial charge >= 0.3 is 0 Å². The zero-order valence-corrected chi connectivity index (χ0v) is 11.8. The van der Waals surface area contributed by atoms with E-state index in [0.29, 0.717) is 11.0 Å². The molecule has 0 aliphatic rings. The number of rotatable bonds is 5. The van der Waals surface area contributed by atoms with Gasteiger partial charge in [0.05, 0.1) is 0 Å². The van der Waals surface area contributed by atoms with Gasteiger partial charge in [0.2, 0.25) is 5.78 Å². The Hall–Kier alpha value is -1.30. The molecule has 0 aromatic carbocycles. The van der Waals surface area contributed by atoms with Gasteiger partial charge in [0.1, 0.15) is 0 Å². The molecule has 0 spiro atoms. The van der Waals surface area contributed by atoms with E-state index < -0.39 is 0 Å². The van der Waals surface area contributed by atoms with Crippen molar-refractivity contribution in [1.82, 2.24) is 19.6 Å². The van der Waals surface area contributed by atoms with Gasteiger partial charge in [-0.1, -0.05) is 39.0 Å². The van der Waals surface area contributed by atoms with Gasteiger partial charge in [-0.15, -0.1) is 10.2 Å². The lowest BCUT2D eigenvalue weighted by Gasteiger charge is -2.08. The number of nitrogens with zero attached hydrogens (tertiary/aromatic N) is 3. The van der Waals surface area contributed by atoms with Gasteiger partial charge in [-0.25, -0.2) is 0 Å². The Balaban J connectivity index is 2.51. The fourth-order valence-corrected chi connectivity index (χ4v) is 2.68. The average molecular weight is 266 g/mol. The van der Waals surface area contributed by atoms with Crippen LogP contribution in [0.15, 0.2) is 16.0 Å². The summed E-state index contributed by atoms with van der Waals surface area (Å²) < 4.78 is 1.96. The van der Waals surface area contributed by atoms with E-state index in [4.69, 9.17) is 0 Å². The number of hydrogen-bond donors (Lipinski definition) is 1. The van der Waals surface area contributed by atoms with Crippen LogP contribution in [0, 0.1) is 0 Å². The number of fused-ring (bicyclic) bond motifs is 1. The molecule has 2 rings (SSSR count). The Morgan fingerprint density at radius 3 is 2.89 bits per heavy atom. The maximum absolute atomic E-state index is 11.5. The van der Waals surface area contributed by atoms with Crippen LogP contribution in [-0.2, 0) is 6.42 Å². The predicted molar refractivity (Wildman–Crippen MR) is 73.2 cm³/mol. The van der Waals surface area contributed by atoms with E-state index in [2.05, 4.69) is 36.0 Å². The summed E-state index contributed by atoms with van der Waals surface area (Å²) in [7, 11) is 0. The fraction of sp³-hybridized carbons (Fsp3) is 0.583. The summed E-state index contributed by atoms with van der Waals surface area (Å²) in [4.78, 5) is 14.2. The molecule has 0 saturated heterocycles. The molecule has 0 bridgehead atoms. The van der Waals surface area contributed by atoms with Crippen LogP contribution in [-0.4, -0.2) is 24.8 Å². The van der Waals surface area contributed by atoms with Crippen molar-refractivity contribution in [2.75, 3.05) is 0 Å². The molecule has 2 aromatic heterocycles. The summed E-state index contributed by atoms with van der Waals surface area (Å²) in [6.45, 7) is 6.41. The first-order chi connectivity index (χ1) is 8.65. The number of aryl methyl sites for hydroxylation is 1. The van der Waals surface area contributed by atoms with Crippen LogP contribution in [0.25, 0.3) is 5.78 Å². The molecule has 0 fully saturated rings. The summed E-state index contributed by atoms with van der Waals surface area (Å²) in [6, 6.07) is 1.64. The molecule has 18 heavy (non-hydrogen) atoms. The van der Waals surface area contributed by atoms with Gasteiger partial charge in [-0.3, -0.25) is 14.2 Å². The van der Waals surface area contributed by atoms with Crippen molar-refractivity contribution in [3.63, 3.8) is 0 Å². The third-order valence-corrected chi connectivity index (χ3v) is 4.05. The molecule has 0 unspecified atom stereocenters. The van der Waals surface area contributed by atoms with E-state index in [1.165, 1.54) is 0 Å². The lowest BCUT2D eigenvalue weighted by atomic mass is 10.2. The maximum atomic E-state index is 11.5. The predicted octanol–water partition coefficient (Wildman–Crippen LogP) is 2.26. The quantitative estimate of drug-likeness (QED) is 0.843. The summed E-state index contributed by atoms with van der Waals surface area (Å²) in [5.41, 5.74) is 0.866. The Bertz CT molecular complexity index is 589. The van der Waals surface area contributed by atoms with E-state index in [-0.39, 0.29) is 5.56 Å². The van der Waals surface area contributed by atoms with Crippen molar-refractivity contribution in [1.29, 1.82) is 0 Å². The van der Waals surface area contributed by atoms with Crippen LogP contribution in [0.3, 0.4) is 0 Å². The number of hydrogen-bond acceptors (Lipinski definition) is 4. The van der Waals surface area contributed by atoms with Crippen molar-refractivity contribution in [3.05, 3.63) is 22.1 Å². The van der Waals surface area contributed by atoms with Gasteiger partial charge in [0, 0.05) is 17.0 Å². The van der Waals surface area contributed by atoms with E-state index >= 15 is 0 Å². The topological polar surface area (TPSA) is 63.0 Å². The summed E-state index contributed by atoms with van der Waals surface area (Å²) in [5, 5.41) is 9.56. The van der Waals surface area contributed by atoms with E-state index in [9.17, 15) is 4.79 Å². The molecular formula is C12H18N4OS. The minimum absolute atomic E-state index is 0.113. The molecule has 2 aromatic rings. The third kappa shape index (κ3) is 2.58. The molecule has 6 heteroatoms. The van der Waals surface area contributed by atoms with Crippen molar-refractivity contribution in [2.45, 2.75) is 50.4 Å². The highest BCUT2D eigenvalue weighted by Crippen LogP contribution is 2.24. The number of H-pyrrole nitrogens is 1. The van der Waals surface area contributed by atoms with Crippen LogP contribution in [0.5, 0.6) is 0 Å². The van der Waals surface area contributed by atoms with Gasteiger partial charge in [-0.2, -0.15) is 0 Å². The van der Waals surface area contributed by atoms with Crippen molar-refractivity contribution < 1.29 is 0 Å². The molecule has 0 radical (unpaired) electrons. The van der Waals surface area contributed by atoms with E-state index in [0.717, 1.165) is 30.1 Å². The first kappa shape index (κ1) is 13.1. The lowest BCUT2D eigenvalue weighted by Crippen LogP contribution is -2.12. The first-order valence-electron chi connectivity index (χ1n) is 6.29. The van der Waals surface area contributed by atoms with Crippen LogP contribution < -0.4 is 5.56 Å². The molecule has 1 atom stereocenters. The highest BCUT2D eigenvalue weighted by atomic mass is 32.2. The second kappa shape index (κ2) is 5.56. The minimum atomic E-state index is -0.113. The summed E-state index contributed by atoms with van der Waals surface area (Å²) >= 11 is 1.69. The van der Waals surface area contributed by atoms with Crippen LogP contribution in [0.1, 0.15) is 39.3 Å². The third-order valence-electron chi connectivity index (χ3n) is 2.84. The Kier molecular flexibility index (Phi) is 4.06. The van der Waals surface area contributed by atoms with Crippen LogP contribution >= 0.6 is 11.8 Å². The van der Waals surface area contributed by atoms with Crippen molar-refractivity contribution in [2.24, 2.45) is 0 Å². The SMILES string of the molecule is CCCc1cc(=O)[nH]c2nnc(S[C@@H](C)CC)n12. The Labute approximate surface area is 110 Å². The van der Waals surface area contributed by atoms with Crippen molar-refractivity contribution >= 4 is 17.5 Å². The van der Waals surface area contributed by atoms with Crippen LogP contribution in [0.4, 0.5) is 0 Å². The van der Waals surface area contributed by atoms with E-state index in [1.54, 1.807) is 17.8 Å².